The number of hydrogen-bond donors (Lipinski definition) is 0. The van der Waals surface area contributed by atoms with Gasteiger partial charge in [0.05, 0.1) is 31.7 Å². The van der Waals surface area contributed by atoms with Gasteiger partial charge in [-0.1, -0.05) is 6.92 Å². The largest absolute Gasteiger partial charge is 0.465 e. The Morgan fingerprint density at radius 3 is 3.00 bits per heavy atom. The third-order valence-corrected chi connectivity index (χ3v) is 2.03. The fourth-order valence-electron chi connectivity index (χ4n) is 1.10. The van der Waals surface area contributed by atoms with E-state index in [-0.39, 0.29) is 0 Å². The Morgan fingerprint density at radius 1 is 1.73 bits per heavy atom. The van der Waals surface area contributed by atoms with Crippen molar-refractivity contribution in [3.63, 3.8) is 0 Å². The molecule has 0 amide bonds. The SMILES string of the molecule is CC/C(=C\F)Cn1cc(C(=O)OC)cn1. The van der Waals surface area contributed by atoms with Crippen LogP contribution in [0.1, 0.15) is 23.7 Å². The Labute approximate surface area is 87.3 Å². The van der Waals surface area contributed by atoms with Gasteiger partial charge in [-0.25, -0.2) is 9.18 Å². The van der Waals surface area contributed by atoms with E-state index >= 15 is 0 Å². The second-order valence-electron chi connectivity index (χ2n) is 3.04. The van der Waals surface area contributed by atoms with Crippen LogP contribution in [-0.4, -0.2) is 22.9 Å². The third kappa shape index (κ3) is 2.90. The summed E-state index contributed by atoms with van der Waals surface area (Å²) >= 11 is 0. The molecule has 5 heteroatoms. The smallest absolute Gasteiger partial charge is 0.341 e. The number of esters is 1. The maximum Gasteiger partial charge on any atom is 0.341 e. The molecule has 1 aromatic heterocycles. The highest BCUT2D eigenvalue weighted by Gasteiger charge is 2.08. The van der Waals surface area contributed by atoms with E-state index in [1.807, 2.05) is 6.92 Å². The first kappa shape index (κ1) is 11.4. The Kier molecular flexibility index (Phi) is 4.03. The first-order valence-corrected chi connectivity index (χ1v) is 4.60. The highest BCUT2D eigenvalue weighted by atomic mass is 19.1. The molecule has 0 bridgehead atoms. The van der Waals surface area contributed by atoms with Gasteiger partial charge in [-0.05, 0) is 12.0 Å². The zero-order valence-electron chi connectivity index (χ0n) is 8.74. The zero-order valence-corrected chi connectivity index (χ0v) is 8.74. The quantitative estimate of drug-likeness (QED) is 0.716. The summed E-state index contributed by atoms with van der Waals surface area (Å²) in [6.45, 7) is 2.21. The highest BCUT2D eigenvalue weighted by molar-refractivity contribution is 5.88. The fraction of sp³-hybridized carbons (Fsp3) is 0.400. The normalized spacial score (nSPS) is 11.5. The van der Waals surface area contributed by atoms with Crippen molar-refractivity contribution in [1.82, 2.24) is 9.78 Å². The molecule has 0 saturated heterocycles. The molecule has 1 aromatic rings. The van der Waals surface area contributed by atoms with Gasteiger partial charge in [0.15, 0.2) is 0 Å². The van der Waals surface area contributed by atoms with Crippen LogP contribution in [0.4, 0.5) is 4.39 Å². The van der Waals surface area contributed by atoms with Gasteiger partial charge in [-0.2, -0.15) is 5.10 Å². The molecule has 4 nitrogen and oxygen atoms in total. The summed E-state index contributed by atoms with van der Waals surface area (Å²) in [5.74, 6) is -0.441. The molecule has 0 saturated carbocycles. The molecular weight excluding hydrogens is 199 g/mol. The Balaban J connectivity index is 2.72. The predicted molar refractivity (Wildman–Crippen MR) is 53.0 cm³/mol. The number of rotatable bonds is 4. The van der Waals surface area contributed by atoms with Gasteiger partial charge in [0, 0.05) is 6.20 Å². The molecular formula is C10H13FN2O2. The first-order chi connectivity index (χ1) is 7.21. The minimum atomic E-state index is -0.441. The Morgan fingerprint density at radius 2 is 2.47 bits per heavy atom. The van der Waals surface area contributed by atoms with Crippen LogP contribution < -0.4 is 0 Å². The topological polar surface area (TPSA) is 44.1 Å². The molecule has 82 valence electrons. The number of carbonyl (C=O) groups excluding carboxylic acids is 1. The number of ether oxygens (including phenoxy) is 1. The predicted octanol–water partition coefficient (Wildman–Crippen LogP) is 1.93. The number of carbonyl (C=O) groups is 1. The summed E-state index contributed by atoms with van der Waals surface area (Å²) in [5.41, 5.74) is 0.987. The molecule has 15 heavy (non-hydrogen) atoms. The molecule has 0 aliphatic carbocycles. The molecule has 0 radical (unpaired) electrons. The summed E-state index contributed by atoms with van der Waals surface area (Å²) in [5, 5.41) is 3.93. The van der Waals surface area contributed by atoms with Crippen molar-refractivity contribution in [2.24, 2.45) is 0 Å². The van der Waals surface area contributed by atoms with Crippen molar-refractivity contribution in [3.8, 4) is 0 Å². The fourth-order valence-corrected chi connectivity index (χ4v) is 1.10. The van der Waals surface area contributed by atoms with Gasteiger partial charge in [-0.15, -0.1) is 0 Å². The van der Waals surface area contributed by atoms with E-state index in [1.54, 1.807) is 0 Å². The standard InChI is InChI=1S/C10H13FN2O2/c1-3-8(4-11)6-13-7-9(5-12-13)10(14)15-2/h4-5,7H,3,6H2,1-2H3/b8-4+. The van der Waals surface area contributed by atoms with Crippen molar-refractivity contribution < 1.29 is 13.9 Å². The lowest BCUT2D eigenvalue weighted by molar-refractivity contribution is 0.0600. The van der Waals surface area contributed by atoms with E-state index < -0.39 is 5.97 Å². The van der Waals surface area contributed by atoms with Crippen LogP contribution in [0.15, 0.2) is 24.3 Å². The minimum absolute atomic E-state index is 0.351. The number of methoxy groups -OCH3 is 1. The van der Waals surface area contributed by atoms with Crippen LogP contribution in [0.25, 0.3) is 0 Å². The highest BCUT2D eigenvalue weighted by Crippen LogP contribution is 2.06. The van der Waals surface area contributed by atoms with Gasteiger partial charge in [0.1, 0.15) is 0 Å². The number of hydrogen-bond acceptors (Lipinski definition) is 3. The molecule has 1 rings (SSSR count). The Hall–Kier alpha value is -1.65. The molecule has 0 fully saturated rings. The second kappa shape index (κ2) is 5.29. The van der Waals surface area contributed by atoms with Crippen LogP contribution in [0.5, 0.6) is 0 Å². The number of allylic oxidation sites excluding steroid dienone is 1. The molecule has 0 aromatic carbocycles. The lowest BCUT2D eigenvalue weighted by Gasteiger charge is -2.01. The van der Waals surface area contributed by atoms with Gasteiger partial charge < -0.3 is 4.74 Å². The van der Waals surface area contributed by atoms with Crippen LogP contribution >= 0.6 is 0 Å². The van der Waals surface area contributed by atoms with Crippen molar-refractivity contribution in [3.05, 3.63) is 29.9 Å². The lowest BCUT2D eigenvalue weighted by Crippen LogP contribution is -2.02. The van der Waals surface area contributed by atoms with E-state index in [0.29, 0.717) is 30.4 Å². The number of aromatic nitrogens is 2. The van der Waals surface area contributed by atoms with Gasteiger partial charge in [-0.3, -0.25) is 4.68 Å². The van der Waals surface area contributed by atoms with Gasteiger partial charge in [0.2, 0.25) is 0 Å². The summed E-state index contributed by atoms with van der Waals surface area (Å²) < 4.78 is 18.3. The maximum absolute atomic E-state index is 12.3. The molecule has 1 heterocycles. The second-order valence-corrected chi connectivity index (χ2v) is 3.04. The Bertz CT molecular complexity index is 371. The van der Waals surface area contributed by atoms with Crippen LogP contribution in [0.3, 0.4) is 0 Å². The monoisotopic (exact) mass is 212 g/mol. The van der Waals surface area contributed by atoms with E-state index in [9.17, 15) is 9.18 Å². The summed E-state index contributed by atoms with van der Waals surface area (Å²) in [7, 11) is 1.30. The van der Waals surface area contributed by atoms with Gasteiger partial charge in [0.25, 0.3) is 0 Å². The summed E-state index contributed by atoms with van der Waals surface area (Å²) in [4.78, 5) is 11.1. The van der Waals surface area contributed by atoms with E-state index in [4.69, 9.17) is 0 Å². The number of halogens is 1. The van der Waals surface area contributed by atoms with Gasteiger partial charge >= 0.3 is 5.97 Å². The lowest BCUT2D eigenvalue weighted by atomic mass is 10.2. The molecule has 0 N–H and O–H groups in total. The molecule has 0 atom stereocenters. The summed E-state index contributed by atoms with van der Waals surface area (Å²) in [6.07, 6.45) is 4.12. The van der Waals surface area contributed by atoms with Crippen molar-refractivity contribution in [1.29, 1.82) is 0 Å². The molecule has 0 aliphatic rings. The molecule has 0 aliphatic heterocycles. The maximum atomic E-state index is 12.3. The van der Waals surface area contributed by atoms with Crippen molar-refractivity contribution in [2.75, 3.05) is 7.11 Å². The van der Waals surface area contributed by atoms with Crippen molar-refractivity contribution >= 4 is 5.97 Å². The average molecular weight is 212 g/mol. The molecule has 0 spiro atoms. The third-order valence-electron chi connectivity index (χ3n) is 2.03. The van der Waals surface area contributed by atoms with Crippen LogP contribution in [0, 0.1) is 0 Å². The van der Waals surface area contributed by atoms with Crippen LogP contribution in [0.2, 0.25) is 0 Å². The summed E-state index contributed by atoms with van der Waals surface area (Å²) in [6, 6.07) is 0. The molecule has 0 unspecified atom stereocenters. The first-order valence-electron chi connectivity index (χ1n) is 4.60. The van der Waals surface area contributed by atoms with E-state index in [0.717, 1.165) is 0 Å². The average Bonchev–Trinajstić information content (AvgIpc) is 2.73. The van der Waals surface area contributed by atoms with Crippen molar-refractivity contribution in [2.45, 2.75) is 19.9 Å². The zero-order chi connectivity index (χ0) is 11.3. The van der Waals surface area contributed by atoms with Crippen LogP contribution in [-0.2, 0) is 11.3 Å². The van der Waals surface area contributed by atoms with E-state index in [2.05, 4.69) is 9.84 Å². The van der Waals surface area contributed by atoms with E-state index in [1.165, 1.54) is 24.2 Å². The minimum Gasteiger partial charge on any atom is -0.465 e. The number of nitrogens with zero attached hydrogens (tertiary/aromatic N) is 2.